The van der Waals surface area contributed by atoms with Crippen molar-refractivity contribution in [1.82, 2.24) is 15.0 Å². The van der Waals surface area contributed by atoms with E-state index in [0.717, 1.165) is 23.8 Å². The maximum atomic E-state index is 13.1. The van der Waals surface area contributed by atoms with Crippen LogP contribution >= 0.6 is 0 Å². The van der Waals surface area contributed by atoms with Gasteiger partial charge in [-0.1, -0.05) is 0 Å². The third-order valence-electron chi connectivity index (χ3n) is 2.79. The van der Waals surface area contributed by atoms with Crippen molar-refractivity contribution in [3.05, 3.63) is 60.6 Å². The third kappa shape index (κ3) is 3.14. The van der Waals surface area contributed by atoms with Crippen LogP contribution in [0.1, 0.15) is 0 Å². The van der Waals surface area contributed by atoms with Crippen molar-refractivity contribution < 1.29 is 13.5 Å². The standard InChI is InChI=1S/C15H10F2N4O/c16-11-4-12(17)6-13(5-11)22-15-20-7-10(8-21-15)9-1-2-19-14(18)3-9/h1-8H,(H2,18,19). The lowest BCUT2D eigenvalue weighted by atomic mass is 10.1. The van der Waals surface area contributed by atoms with Crippen LogP contribution in [0.3, 0.4) is 0 Å². The fraction of sp³-hybridized carbons (Fsp3) is 0. The van der Waals surface area contributed by atoms with E-state index >= 15 is 0 Å². The summed E-state index contributed by atoms with van der Waals surface area (Å²) in [5.41, 5.74) is 7.13. The van der Waals surface area contributed by atoms with E-state index < -0.39 is 11.6 Å². The number of benzene rings is 1. The van der Waals surface area contributed by atoms with Crippen LogP contribution in [0, 0.1) is 11.6 Å². The number of hydrogen-bond acceptors (Lipinski definition) is 5. The summed E-state index contributed by atoms with van der Waals surface area (Å²) in [7, 11) is 0. The summed E-state index contributed by atoms with van der Waals surface area (Å²) < 4.78 is 31.4. The Bertz CT molecular complexity index is 789. The van der Waals surface area contributed by atoms with E-state index in [9.17, 15) is 8.78 Å². The summed E-state index contributed by atoms with van der Waals surface area (Å²) in [5, 5.41) is 0. The van der Waals surface area contributed by atoms with E-state index in [-0.39, 0.29) is 11.8 Å². The number of hydrogen-bond donors (Lipinski definition) is 1. The molecule has 110 valence electrons. The van der Waals surface area contributed by atoms with Gasteiger partial charge in [0, 0.05) is 42.4 Å². The summed E-state index contributed by atoms with van der Waals surface area (Å²) in [5.74, 6) is -1.11. The highest BCUT2D eigenvalue weighted by atomic mass is 19.1. The van der Waals surface area contributed by atoms with Crippen LogP contribution in [-0.2, 0) is 0 Å². The summed E-state index contributed by atoms with van der Waals surface area (Å²) in [6, 6.07) is 6.27. The van der Waals surface area contributed by atoms with Crippen molar-refractivity contribution >= 4 is 5.82 Å². The van der Waals surface area contributed by atoms with Crippen molar-refractivity contribution in [3.8, 4) is 22.9 Å². The van der Waals surface area contributed by atoms with Crippen LogP contribution in [0.5, 0.6) is 11.8 Å². The minimum atomic E-state index is -0.737. The first-order valence-corrected chi connectivity index (χ1v) is 6.28. The van der Waals surface area contributed by atoms with Gasteiger partial charge in [-0.05, 0) is 17.7 Å². The van der Waals surface area contributed by atoms with Gasteiger partial charge in [-0.3, -0.25) is 0 Å². The number of anilines is 1. The van der Waals surface area contributed by atoms with E-state index in [1.165, 1.54) is 12.4 Å². The van der Waals surface area contributed by atoms with Gasteiger partial charge in [-0.25, -0.2) is 23.7 Å². The van der Waals surface area contributed by atoms with Gasteiger partial charge >= 0.3 is 6.01 Å². The maximum absolute atomic E-state index is 13.1. The zero-order valence-electron chi connectivity index (χ0n) is 11.2. The molecule has 0 aliphatic carbocycles. The summed E-state index contributed by atoms with van der Waals surface area (Å²) in [6.45, 7) is 0. The Labute approximate surface area is 124 Å². The number of pyridine rings is 1. The van der Waals surface area contributed by atoms with Gasteiger partial charge in [-0.15, -0.1) is 0 Å². The SMILES string of the molecule is Nc1cc(-c2cnc(Oc3cc(F)cc(F)c3)nc2)ccn1. The number of aromatic nitrogens is 3. The van der Waals surface area contributed by atoms with Gasteiger partial charge in [0.25, 0.3) is 0 Å². The molecule has 1 aromatic carbocycles. The van der Waals surface area contributed by atoms with Crippen LogP contribution in [0.4, 0.5) is 14.6 Å². The first kappa shape index (κ1) is 13.9. The molecular weight excluding hydrogens is 290 g/mol. The Kier molecular flexibility index (Phi) is 3.61. The fourth-order valence-electron chi connectivity index (χ4n) is 1.84. The van der Waals surface area contributed by atoms with Gasteiger partial charge in [-0.2, -0.15) is 0 Å². The van der Waals surface area contributed by atoms with E-state index in [1.807, 2.05) is 0 Å². The third-order valence-corrected chi connectivity index (χ3v) is 2.79. The molecule has 2 N–H and O–H groups in total. The molecule has 2 heterocycles. The van der Waals surface area contributed by atoms with Crippen molar-refractivity contribution in [1.29, 1.82) is 0 Å². The molecule has 3 rings (SSSR count). The van der Waals surface area contributed by atoms with Crippen molar-refractivity contribution in [3.63, 3.8) is 0 Å². The topological polar surface area (TPSA) is 73.9 Å². The molecule has 0 spiro atoms. The van der Waals surface area contributed by atoms with Gasteiger partial charge < -0.3 is 10.5 Å². The zero-order valence-corrected chi connectivity index (χ0v) is 11.2. The molecule has 0 fully saturated rings. The second-order valence-corrected chi connectivity index (χ2v) is 4.43. The molecule has 0 radical (unpaired) electrons. The zero-order chi connectivity index (χ0) is 15.5. The number of nitrogens with zero attached hydrogens (tertiary/aromatic N) is 3. The number of halogens is 2. The molecular formula is C15H10F2N4O. The predicted molar refractivity (Wildman–Crippen MR) is 76.1 cm³/mol. The van der Waals surface area contributed by atoms with E-state index in [2.05, 4.69) is 15.0 Å². The molecule has 0 unspecified atom stereocenters. The Hall–Kier alpha value is -3.09. The van der Waals surface area contributed by atoms with Crippen LogP contribution in [-0.4, -0.2) is 15.0 Å². The number of nitrogen functional groups attached to an aromatic ring is 1. The summed E-state index contributed by atoms with van der Waals surface area (Å²) in [6.07, 6.45) is 4.62. The molecule has 0 atom stereocenters. The monoisotopic (exact) mass is 300 g/mol. The van der Waals surface area contributed by atoms with Crippen LogP contribution in [0.25, 0.3) is 11.1 Å². The second-order valence-electron chi connectivity index (χ2n) is 4.43. The molecule has 0 amide bonds. The van der Waals surface area contributed by atoms with Crippen LogP contribution in [0.15, 0.2) is 48.9 Å². The molecule has 0 aliphatic rings. The Morgan fingerprint density at radius 2 is 1.55 bits per heavy atom. The van der Waals surface area contributed by atoms with E-state index in [4.69, 9.17) is 10.5 Å². The normalized spacial score (nSPS) is 10.5. The number of ether oxygens (including phenoxy) is 1. The lowest BCUT2D eigenvalue weighted by Crippen LogP contribution is -1.94. The van der Waals surface area contributed by atoms with Crippen LogP contribution < -0.4 is 10.5 Å². The smallest absolute Gasteiger partial charge is 0.321 e. The fourth-order valence-corrected chi connectivity index (χ4v) is 1.84. The quantitative estimate of drug-likeness (QED) is 0.804. The van der Waals surface area contributed by atoms with Gasteiger partial charge in [0.1, 0.15) is 23.2 Å². The summed E-state index contributed by atoms with van der Waals surface area (Å²) in [4.78, 5) is 11.9. The van der Waals surface area contributed by atoms with Gasteiger partial charge in [0.05, 0.1) is 0 Å². The number of rotatable bonds is 3. The average molecular weight is 300 g/mol. The van der Waals surface area contributed by atoms with Crippen LogP contribution in [0.2, 0.25) is 0 Å². The Morgan fingerprint density at radius 3 is 2.18 bits per heavy atom. The highest BCUT2D eigenvalue weighted by molar-refractivity contribution is 5.63. The molecule has 3 aromatic rings. The van der Waals surface area contributed by atoms with E-state index in [0.29, 0.717) is 11.4 Å². The molecule has 2 aromatic heterocycles. The lowest BCUT2D eigenvalue weighted by Gasteiger charge is -2.05. The minimum Gasteiger partial charge on any atom is -0.424 e. The van der Waals surface area contributed by atoms with Crippen molar-refractivity contribution in [2.75, 3.05) is 5.73 Å². The molecule has 5 nitrogen and oxygen atoms in total. The largest absolute Gasteiger partial charge is 0.424 e. The summed E-state index contributed by atoms with van der Waals surface area (Å²) >= 11 is 0. The first-order valence-electron chi connectivity index (χ1n) is 6.28. The van der Waals surface area contributed by atoms with Gasteiger partial charge in [0.15, 0.2) is 0 Å². The molecule has 7 heteroatoms. The first-order chi connectivity index (χ1) is 10.6. The molecule has 0 aliphatic heterocycles. The number of nitrogens with two attached hydrogens (primary N) is 1. The second kappa shape index (κ2) is 5.72. The lowest BCUT2D eigenvalue weighted by molar-refractivity contribution is 0.432. The minimum absolute atomic E-state index is 0.0154. The Balaban J connectivity index is 1.82. The molecule has 0 bridgehead atoms. The van der Waals surface area contributed by atoms with Crippen molar-refractivity contribution in [2.45, 2.75) is 0 Å². The molecule has 22 heavy (non-hydrogen) atoms. The average Bonchev–Trinajstić information content (AvgIpc) is 2.47. The predicted octanol–water partition coefficient (Wildman–Crippen LogP) is 3.19. The highest BCUT2D eigenvalue weighted by Gasteiger charge is 2.06. The highest BCUT2D eigenvalue weighted by Crippen LogP contribution is 2.23. The molecule has 0 saturated heterocycles. The van der Waals surface area contributed by atoms with E-state index in [1.54, 1.807) is 18.3 Å². The van der Waals surface area contributed by atoms with Gasteiger partial charge in [0.2, 0.25) is 0 Å². The molecule has 0 saturated carbocycles. The maximum Gasteiger partial charge on any atom is 0.321 e. The Morgan fingerprint density at radius 1 is 0.864 bits per heavy atom. The van der Waals surface area contributed by atoms with Crippen molar-refractivity contribution in [2.24, 2.45) is 0 Å².